The average Bonchev–Trinajstić information content (AvgIpc) is 2.31. The molecule has 0 spiro atoms. The van der Waals surface area contributed by atoms with Gasteiger partial charge in [-0.25, -0.2) is 9.97 Å². The molecule has 1 fully saturated rings. The number of nitrogens with zero attached hydrogens (tertiary/aromatic N) is 3. The molecule has 0 saturated carbocycles. The molecule has 2 heterocycles. The second kappa shape index (κ2) is 4.08. The van der Waals surface area contributed by atoms with Crippen LogP contribution in [0.4, 0.5) is 5.95 Å². The van der Waals surface area contributed by atoms with Crippen molar-refractivity contribution in [2.24, 2.45) is 11.1 Å². The monoisotopic (exact) mass is 219 g/mol. The molecule has 0 bridgehead atoms. The second-order valence-corrected chi connectivity index (χ2v) is 4.51. The zero-order valence-electron chi connectivity index (χ0n) is 9.48. The zero-order chi connectivity index (χ0) is 11.6. The van der Waals surface area contributed by atoms with Gasteiger partial charge in [0, 0.05) is 30.9 Å². The third-order valence-corrected chi connectivity index (χ3v) is 3.35. The molecule has 0 radical (unpaired) electrons. The highest BCUT2D eigenvalue weighted by Crippen LogP contribution is 2.31. The lowest BCUT2D eigenvalue weighted by molar-refractivity contribution is 0.348. The number of nitrogens with two attached hydrogens (primary N) is 1. The van der Waals surface area contributed by atoms with E-state index in [4.69, 9.17) is 11.1 Å². The highest BCUT2D eigenvalue weighted by atomic mass is 15.2. The van der Waals surface area contributed by atoms with E-state index >= 15 is 0 Å². The molecule has 0 atom stereocenters. The van der Waals surface area contributed by atoms with Gasteiger partial charge in [-0.3, -0.25) is 5.41 Å². The number of rotatable bonds is 2. The lowest BCUT2D eigenvalue weighted by Crippen LogP contribution is -2.45. The molecule has 0 aromatic carbocycles. The summed E-state index contributed by atoms with van der Waals surface area (Å²) in [7, 11) is 0. The minimum Gasteiger partial charge on any atom is -0.387 e. The zero-order valence-corrected chi connectivity index (χ0v) is 9.48. The predicted molar refractivity (Wildman–Crippen MR) is 63.5 cm³/mol. The van der Waals surface area contributed by atoms with Gasteiger partial charge in [-0.05, 0) is 18.9 Å². The van der Waals surface area contributed by atoms with E-state index < -0.39 is 0 Å². The van der Waals surface area contributed by atoms with E-state index in [-0.39, 0.29) is 5.41 Å². The van der Waals surface area contributed by atoms with E-state index in [9.17, 15) is 0 Å². The summed E-state index contributed by atoms with van der Waals surface area (Å²) in [5.74, 6) is 1.06. The van der Waals surface area contributed by atoms with Crippen molar-refractivity contribution in [1.29, 1.82) is 5.41 Å². The normalized spacial score (nSPS) is 19.4. The summed E-state index contributed by atoms with van der Waals surface area (Å²) >= 11 is 0. The van der Waals surface area contributed by atoms with Crippen molar-refractivity contribution in [3.8, 4) is 0 Å². The van der Waals surface area contributed by atoms with E-state index in [0.29, 0.717) is 5.84 Å². The third-order valence-electron chi connectivity index (χ3n) is 3.35. The maximum Gasteiger partial charge on any atom is 0.225 e. The second-order valence-electron chi connectivity index (χ2n) is 4.51. The fraction of sp³-hybridized carbons (Fsp3) is 0.545. The molecule has 0 aliphatic carbocycles. The molecule has 0 unspecified atom stereocenters. The molecule has 1 saturated heterocycles. The van der Waals surface area contributed by atoms with Crippen LogP contribution in [0.2, 0.25) is 0 Å². The van der Waals surface area contributed by atoms with Crippen LogP contribution in [0.5, 0.6) is 0 Å². The van der Waals surface area contributed by atoms with Crippen LogP contribution >= 0.6 is 0 Å². The van der Waals surface area contributed by atoms with Crippen LogP contribution in [0.3, 0.4) is 0 Å². The molecule has 1 aliphatic rings. The van der Waals surface area contributed by atoms with Crippen molar-refractivity contribution < 1.29 is 0 Å². The van der Waals surface area contributed by atoms with E-state index in [1.165, 1.54) is 0 Å². The van der Waals surface area contributed by atoms with Crippen LogP contribution in [-0.2, 0) is 0 Å². The van der Waals surface area contributed by atoms with Crippen LogP contribution in [0.15, 0.2) is 18.5 Å². The largest absolute Gasteiger partial charge is 0.387 e. The van der Waals surface area contributed by atoms with Crippen LogP contribution in [0.25, 0.3) is 0 Å². The number of aromatic nitrogens is 2. The lowest BCUT2D eigenvalue weighted by Gasteiger charge is -2.38. The Balaban J connectivity index is 2.03. The quantitative estimate of drug-likeness (QED) is 0.575. The van der Waals surface area contributed by atoms with Gasteiger partial charge in [0.2, 0.25) is 5.95 Å². The number of nitrogens with one attached hydrogen (secondary N) is 1. The maximum atomic E-state index is 7.58. The standard InChI is InChI=1S/C11H17N5/c1-11(9(12)13)3-7-16(8-4-11)10-14-5-2-6-15-10/h2,5-6H,3-4,7-8H2,1H3,(H3,12,13). The van der Waals surface area contributed by atoms with Crippen molar-refractivity contribution in [2.75, 3.05) is 18.0 Å². The average molecular weight is 219 g/mol. The van der Waals surface area contributed by atoms with E-state index in [1.54, 1.807) is 12.4 Å². The first-order valence-corrected chi connectivity index (χ1v) is 5.48. The first kappa shape index (κ1) is 10.9. The minimum atomic E-state index is -0.148. The summed E-state index contributed by atoms with van der Waals surface area (Å²) < 4.78 is 0. The molecule has 5 nitrogen and oxygen atoms in total. The first-order valence-electron chi connectivity index (χ1n) is 5.48. The summed E-state index contributed by atoms with van der Waals surface area (Å²) in [6, 6.07) is 1.81. The highest BCUT2D eigenvalue weighted by molar-refractivity contribution is 5.83. The summed E-state index contributed by atoms with van der Waals surface area (Å²) in [6.07, 6.45) is 5.28. The molecule has 0 amide bonds. The summed E-state index contributed by atoms with van der Waals surface area (Å²) in [5, 5.41) is 7.58. The van der Waals surface area contributed by atoms with Crippen molar-refractivity contribution in [3.05, 3.63) is 18.5 Å². The van der Waals surface area contributed by atoms with Gasteiger partial charge in [-0.15, -0.1) is 0 Å². The van der Waals surface area contributed by atoms with Gasteiger partial charge in [-0.1, -0.05) is 6.92 Å². The topological polar surface area (TPSA) is 78.9 Å². The van der Waals surface area contributed by atoms with Crippen LogP contribution in [0, 0.1) is 10.8 Å². The Labute approximate surface area is 95.2 Å². The van der Waals surface area contributed by atoms with Crippen molar-refractivity contribution >= 4 is 11.8 Å². The van der Waals surface area contributed by atoms with Crippen LogP contribution < -0.4 is 10.6 Å². The Kier molecular flexibility index (Phi) is 2.77. The molecule has 5 heteroatoms. The fourth-order valence-corrected chi connectivity index (χ4v) is 1.92. The minimum absolute atomic E-state index is 0.148. The van der Waals surface area contributed by atoms with Crippen molar-refractivity contribution in [3.63, 3.8) is 0 Å². The van der Waals surface area contributed by atoms with Crippen molar-refractivity contribution in [2.45, 2.75) is 19.8 Å². The predicted octanol–water partition coefficient (Wildman–Crippen LogP) is 1.02. The number of piperidine rings is 1. The molecule has 16 heavy (non-hydrogen) atoms. The van der Waals surface area contributed by atoms with Gasteiger partial charge in [0.25, 0.3) is 0 Å². The molecule has 1 aromatic heterocycles. The fourth-order valence-electron chi connectivity index (χ4n) is 1.92. The van der Waals surface area contributed by atoms with Crippen molar-refractivity contribution in [1.82, 2.24) is 9.97 Å². The summed E-state index contributed by atoms with van der Waals surface area (Å²) in [4.78, 5) is 10.6. The molecular weight excluding hydrogens is 202 g/mol. The Hall–Kier alpha value is -1.65. The summed E-state index contributed by atoms with van der Waals surface area (Å²) in [5.41, 5.74) is 5.47. The number of amidine groups is 1. The Bertz CT molecular complexity index is 367. The molecule has 2 rings (SSSR count). The number of anilines is 1. The number of hydrogen-bond acceptors (Lipinski definition) is 4. The van der Waals surface area contributed by atoms with Gasteiger partial charge in [-0.2, -0.15) is 0 Å². The molecule has 86 valence electrons. The number of hydrogen-bond donors (Lipinski definition) is 2. The van der Waals surface area contributed by atoms with Crippen LogP contribution in [0.1, 0.15) is 19.8 Å². The highest BCUT2D eigenvalue weighted by Gasteiger charge is 2.33. The van der Waals surface area contributed by atoms with Gasteiger partial charge < -0.3 is 10.6 Å². The van der Waals surface area contributed by atoms with E-state index in [2.05, 4.69) is 21.8 Å². The third kappa shape index (κ3) is 1.98. The Morgan fingerprint density at radius 2 is 1.94 bits per heavy atom. The Morgan fingerprint density at radius 3 is 2.44 bits per heavy atom. The van der Waals surface area contributed by atoms with Gasteiger partial charge >= 0.3 is 0 Å². The molecule has 1 aromatic rings. The molecular formula is C11H17N5. The van der Waals surface area contributed by atoms with E-state index in [0.717, 1.165) is 31.9 Å². The van der Waals surface area contributed by atoms with E-state index in [1.807, 2.05) is 6.07 Å². The smallest absolute Gasteiger partial charge is 0.225 e. The molecule has 3 N–H and O–H groups in total. The van der Waals surface area contributed by atoms with Gasteiger partial charge in [0.05, 0.1) is 5.84 Å². The lowest BCUT2D eigenvalue weighted by atomic mass is 9.79. The van der Waals surface area contributed by atoms with Gasteiger partial charge in [0.15, 0.2) is 0 Å². The summed E-state index contributed by atoms with van der Waals surface area (Å²) in [6.45, 7) is 3.78. The van der Waals surface area contributed by atoms with Gasteiger partial charge in [0.1, 0.15) is 0 Å². The maximum absolute atomic E-state index is 7.58. The first-order chi connectivity index (χ1) is 7.62. The Morgan fingerprint density at radius 1 is 1.38 bits per heavy atom. The molecule has 1 aliphatic heterocycles. The SMILES string of the molecule is CC1(C(=N)N)CCN(c2ncccn2)CC1. The van der Waals surface area contributed by atoms with Crippen LogP contribution in [-0.4, -0.2) is 28.9 Å².